The lowest BCUT2D eigenvalue weighted by molar-refractivity contribution is 0.0603. The lowest BCUT2D eigenvalue weighted by Gasteiger charge is -2.09. The van der Waals surface area contributed by atoms with E-state index in [0.29, 0.717) is 5.82 Å². The summed E-state index contributed by atoms with van der Waals surface area (Å²) >= 11 is 0. The second-order valence-corrected chi connectivity index (χ2v) is 2.72. The summed E-state index contributed by atoms with van der Waals surface area (Å²) in [6.45, 7) is 0. The summed E-state index contributed by atoms with van der Waals surface area (Å²) in [7, 11) is 4.83. The van der Waals surface area contributed by atoms with E-state index in [-0.39, 0.29) is 11.4 Å². The molecule has 0 saturated heterocycles. The van der Waals surface area contributed by atoms with E-state index in [1.54, 1.807) is 19.0 Å². The number of ether oxygens (including phenoxy) is 1. The van der Waals surface area contributed by atoms with Gasteiger partial charge in [0.05, 0.1) is 7.11 Å². The summed E-state index contributed by atoms with van der Waals surface area (Å²) in [5.41, 5.74) is 5.78. The molecule has 0 spiro atoms. The number of H-pyrrole nitrogens is 1. The van der Waals surface area contributed by atoms with Crippen molar-refractivity contribution in [2.24, 2.45) is 0 Å². The van der Waals surface area contributed by atoms with Gasteiger partial charge in [0.1, 0.15) is 11.4 Å². The summed E-state index contributed by atoms with van der Waals surface area (Å²) in [5.74, 6) is 0.204. The van der Waals surface area contributed by atoms with Crippen LogP contribution in [0.1, 0.15) is 10.4 Å². The molecule has 6 heteroatoms. The minimum absolute atomic E-state index is 0.218. The molecule has 1 heterocycles. The number of esters is 1. The van der Waals surface area contributed by atoms with Gasteiger partial charge in [0.15, 0.2) is 5.82 Å². The smallest absolute Gasteiger partial charge is 0.345 e. The van der Waals surface area contributed by atoms with Crippen molar-refractivity contribution in [2.45, 2.75) is 0 Å². The Morgan fingerprint density at radius 1 is 1.62 bits per heavy atom. The van der Waals surface area contributed by atoms with Crippen LogP contribution in [0.3, 0.4) is 0 Å². The van der Waals surface area contributed by atoms with Gasteiger partial charge in [0.25, 0.3) is 0 Å². The van der Waals surface area contributed by atoms with Crippen LogP contribution in [0.2, 0.25) is 0 Å². The summed E-state index contributed by atoms with van der Waals surface area (Å²) < 4.78 is 4.56. The SMILES string of the molecule is COC(=O)c1c(N(C)C)n[nH]c1N. The van der Waals surface area contributed by atoms with Crippen LogP contribution < -0.4 is 10.6 Å². The molecule has 0 bridgehead atoms. The predicted octanol–water partition coefficient (Wildman–Crippen LogP) is -0.156. The Morgan fingerprint density at radius 3 is 2.69 bits per heavy atom. The third kappa shape index (κ3) is 1.56. The maximum atomic E-state index is 11.2. The van der Waals surface area contributed by atoms with E-state index < -0.39 is 5.97 Å². The van der Waals surface area contributed by atoms with Gasteiger partial charge in [-0.15, -0.1) is 0 Å². The number of methoxy groups -OCH3 is 1. The Bertz CT molecular complexity index is 318. The fourth-order valence-electron chi connectivity index (χ4n) is 0.972. The van der Waals surface area contributed by atoms with E-state index >= 15 is 0 Å². The van der Waals surface area contributed by atoms with Crippen molar-refractivity contribution in [3.8, 4) is 0 Å². The van der Waals surface area contributed by atoms with Crippen LogP contribution in [0.5, 0.6) is 0 Å². The van der Waals surface area contributed by atoms with Gasteiger partial charge in [-0.2, -0.15) is 5.10 Å². The number of nitrogens with zero attached hydrogens (tertiary/aromatic N) is 2. The number of rotatable bonds is 2. The lowest BCUT2D eigenvalue weighted by atomic mass is 10.3. The third-order valence-electron chi connectivity index (χ3n) is 1.59. The minimum Gasteiger partial charge on any atom is -0.465 e. The number of anilines is 2. The molecule has 0 aliphatic rings. The van der Waals surface area contributed by atoms with E-state index in [9.17, 15) is 4.79 Å². The molecule has 1 aromatic heterocycles. The highest BCUT2D eigenvalue weighted by Gasteiger charge is 2.20. The zero-order valence-electron chi connectivity index (χ0n) is 7.79. The monoisotopic (exact) mass is 184 g/mol. The molecular weight excluding hydrogens is 172 g/mol. The quantitative estimate of drug-likeness (QED) is 0.624. The Labute approximate surface area is 75.7 Å². The van der Waals surface area contributed by atoms with Crippen molar-refractivity contribution in [1.82, 2.24) is 10.2 Å². The van der Waals surface area contributed by atoms with Crippen molar-refractivity contribution in [3.05, 3.63) is 5.56 Å². The van der Waals surface area contributed by atoms with E-state index in [2.05, 4.69) is 14.9 Å². The third-order valence-corrected chi connectivity index (χ3v) is 1.59. The number of carbonyl (C=O) groups excluding carboxylic acids is 1. The van der Waals surface area contributed by atoms with Gasteiger partial charge in [0, 0.05) is 14.1 Å². The van der Waals surface area contributed by atoms with Crippen molar-refractivity contribution >= 4 is 17.6 Å². The van der Waals surface area contributed by atoms with E-state index in [4.69, 9.17) is 5.73 Å². The Morgan fingerprint density at radius 2 is 2.23 bits per heavy atom. The summed E-state index contributed by atoms with van der Waals surface area (Å²) in [6, 6.07) is 0. The fourth-order valence-corrected chi connectivity index (χ4v) is 0.972. The van der Waals surface area contributed by atoms with Crippen molar-refractivity contribution in [2.75, 3.05) is 31.8 Å². The van der Waals surface area contributed by atoms with Gasteiger partial charge < -0.3 is 15.4 Å². The Kier molecular flexibility index (Phi) is 2.41. The van der Waals surface area contributed by atoms with E-state index in [1.165, 1.54) is 7.11 Å². The second-order valence-electron chi connectivity index (χ2n) is 2.72. The standard InChI is InChI=1S/C7H12N4O2/c1-11(2)6-4(7(12)13-3)5(8)9-10-6/h1-3H3,(H3,8,9,10). The predicted molar refractivity (Wildman–Crippen MR) is 48.7 cm³/mol. The maximum absolute atomic E-state index is 11.2. The normalized spacial score (nSPS) is 9.77. The Balaban J connectivity index is 3.16. The first-order valence-corrected chi connectivity index (χ1v) is 3.67. The number of nitrogens with two attached hydrogens (primary N) is 1. The molecule has 1 rings (SSSR count). The largest absolute Gasteiger partial charge is 0.465 e. The molecule has 0 unspecified atom stereocenters. The molecule has 0 aromatic carbocycles. The maximum Gasteiger partial charge on any atom is 0.345 e. The van der Waals surface area contributed by atoms with E-state index in [1.807, 2.05) is 0 Å². The highest BCUT2D eigenvalue weighted by Crippen LogP contribution is 2.21. The first kappa shape index (κ1) is 9.37. The number of hydrogen-bond donors (Lipinski definition) is 2. The summed E-state index contributed by atoms with van der Waals surface area (Å²) in [6.07, 6.45) is 0. The number of nitrogen functional groups attached to an aromatic ring is 1. The van der Waals surface area contributed by atoms with Crippen LogP contribution in [0, 0.1) is 0 Å². The van der Waals surface area contributed by atoms with Gasteiger partial charge in [-0.25, -0.2) is 4.79 Å². The molecule has 0 aliphatic heterocycles. The molecule has 0 aliphatic carbocycles. The van der Waals surface area contributed by atoms with Crippen molar-refractivity contribution in [1.29, 1.82) is 0 Å². The zero-order chi connectivity index (χ0) is 10.0. The van der Waals surface area contributed by atoms with Crippen molar-refractivity contribution < 1.29 is 9.53 Å². The van der Waals surface area contributed by atoms with Gasteiger partial charge in [-0.1, -0.05) is 0 Å². The van der Waals surface area contributed by atoms with Crippen LogP contribution >= 0.6 is 0 Å². The first-order valence-electron chi connectivity index (χ1n) is 3.67. The molecule has 0 atom stereocenters. The van der Waals surface area contributed by atoms with Crippen LogP contribution in [0.15, 0.2) is 0 Å². The van der Waals surface area contributed by atoms with Crippen LogP contribution in [-0.2, 0) is 4.74 Å². The van der Waals surface area contributed by atoms with Gasteiger partial charge in [-0.05, 0) is 0 Å². The molecule has 13 heavy (non-hydrogen) atoms. The highest BCUT2D eigenvalue weighted by molar-refractivity contribution is 5.99. The van der Waals surface area contributed by atoms with Crippen LogP contribution in [0.4, 0.5) is 11.6 Å². The highest BCUT2D eigenvalue weighted by atomic mass is 16.5. The topological polar surface area (TPSA) is 84.2 Å². The average Bonchev–Trinajstić information content (AvgIpc) is 2.46. The van der Waals surface area contributed by atoms with Gasteiger partial charge >= 0.3 is 5.97 Å². The number of nitrogens with one attached hydrogen (secondary N) is 1. The molecule has 0 radical (unpaired) electrons. The fraction of sp³-hybridized carbons (Fsp3) is 0.429. The van der Waals surface area contributed by atoms with E-state index in [0.717, 1.165) is 0 Å². The van der Waals surface area contributed by atoms with Crippen LogP contribution in [0.25, 0.3) is 0 Å². The molecule has 0 amide bonds. The molecule has 0 saturated carbocycles. The number of aromatic nitrogens is 2. The lowest BCUT2D eigenvalue weighted by Crippen LogP contribution is -2.14. The van der Waals surface area contributed by atoms with Gasteiger partial charge in [0.2, 0.25) is 0 Å². The van der Waals surface area contributed by atoms with Gasteiger partial charge in [-0.3, -0.25) is 5.10 Å². The average molecular weight is 184 g/mol. The first-order chi connectivity index (χ1) is 6.07. The molecule has 0 fully saturated rings. The summed E-state index contributed by atoms with van der Waals surface area (Å²) in [4.78, 5) is 12.9. The van der Waals surface area contributed by atoms with Crippen molar-refractivity contribution in [3.63, 3.8) is 0 Å². The number of carbonyl (C=O) groups is 1. The second kappa shape index (κ2) is 3.34. The zero-order valence-corrected chi connectivity index (χ0v) is 7.79. The molecule has 72 valence electrons. The minimum atomic E-state index is -0.491. The molecular formula is C7H12N4O2. The van der Waals surface area contributed by atoms with Crippen LogP contribution in [-0.4, -0.2) is 37.4 Å². The number of hydrogen-bond acceptors (Lipinski definition) is 5. The molecule has 3 N–H and O–H groups in total. The number of aromatic amines is 1. The molecule has 6 nitrogen and oxygen atoms in total. The Hall–Kier alpha value is -1.72. The molecule has 1 aromatic rings. The summed E-state index contributed by atoms with van der Waals surface area (Å²) in [5, 5.41) is 6.38.